The van der Waals surface area contributed by atoms with E-state index in [1.165, 1.54) is 12.1 Å². The van der Waals surface area contributed by atoms with Crippen molar-refractivity contribution in [1.82, 2.24) is 19.8 Å². The van der Waals surface area contributed by atoms with Crippen molar-refractivity contribution in [3.05, 3.63) is 52.9 Å². The third-order valence-electron chi connectivity index (χ3n) is 4.67. The van der Waals surface area contributed by atoms with E-state index in [4.69, 9.17) is 0 Å². The number of imidazole rings is 1. The van der Waals surface area contributed by atoms with Gasteiger partial charge in [-0.05, 0) is 19.1 Å². The van der Waals surface area contributed by atoms with Crippen LogP contribution in [0, 0.1) is 5.82 Å². The average Bonchev–Trinajstić information content (AvgIpc) is 3.02. The van der Waals surface area contributed by atoms with E-state index >= 15 is 0 Å². The van der Waals surface area contributed by atoms with Gasteiger partial charge in [0.05, 0.1) is 30.0 Å². The average molecular weight is 358 g/mol. The third-order valence-corrected chi connectivity index (χ3v) is 4.67. The van der Waals surface area contributed by atoms with Gasteiger partial charge in [-0.25, -0.2) is 9.37 Å². The van der Waals surface area contributed by atoms with E-state index in [9.17, 15) is 14.0 Å². The number of hydrogen-bond donors (Lipinski definition) is 1. The molecule has 0 radical (unpaired) electrons. The summed E-state index contributed by atoms with van der Waals surface area (Å²) in [5.41, 5.74) is 2.00. The van der Waals surface area contributed by atoms with Crippen LogP contribution in [0.1, 0.15) is 47.8 Å². The molecule has 0 atom stereocenters. The van der Waals surface area contributed by atoms with Crippen LogP contribution >= 0.6 is 0 Å². The Hall–Kier alpha value is -2.70. The second-order valence-corrected chi connectivity index (χ2v) is 6.25. The largest absolute Gasteiger partial charge is 0.349 e. The normalized spacial score (nSPS) is 13.4. The maximum atomic E-state index is 13.9. The van der Waals surface area contributed by atoms with Crippen molar-refractivity contribution < 1.29 is 14.0 Å². The van der Waals surface area contributed by atoms with Gasteiger partial charge < -0.3 is 14.8 Å². The predicted molar refractivity (Wildman–Crippen MR) is 94.9 cm³/mol. The number of nitrogens with zero attached hydrogens (tertiary/aromatic N) is 3. The highest BCUT2D eigenvalue weighted by Gasteiger charge is 2.28. The van der Waals surface area contributed by atoms with E-state index in [2.05, 4.69) is 10.3 Å². The lowest BCUT2D eigenvalue weighted by Gasteiger charge is -2.27. The number of rotatable bonds is 5. The zero-order chi connectivity index (χ0) is 18.7. The Labute approximate surface area is 152 Å². The molecule has 2 aromatic rings. The monoisotopic (exact) mass is 358 g/mol. The second-order valence-electron chi connectivity index (χ2n) is 6.25. The van der Waals surface area contributed by atoms with Gasteiger partial charge in [-0.15, -0.1) is 0 Å². The minimum absolute atomic E-state index is 0.0232. The highest BCUT2D eigenvalue weighted by molar-refractivity contribution is 5.94. The number of carbonyl (C=O) groups excluding carboxylic acids is 2. The molecule has 0 aliphatic carbocycles. The first-order valence-corrected chi connectivity index (χ1v) is 8.92. The maximum Gasteiger partial charge on any atom is 0.257 e. The van der Waals surface area contributed by atoms with Crippen LogP contribution in [0.25, 0.3) is 0 Å². The fraction of sp³-hybridized carbons (Fsp3) is 0.421. The minimum atomic E-state index is -0.504. The highest BCUT2D eigenvalue weighted by Crippen LogP contribution is 2.23. The van der Waals surface area contributed by atoms with E-state index in [0.717, 1.165) is 17.2 Å². The van der Waals surface area contributed by atoms with Crippen LogP contribution in [-0.4, -0.2) is 32.8 Å². The topological polar surface area (TPSA) is 67.2 Å². The molecule has 7 heteroatoms. The summed E-state index contributed by atoms with van der Waals surface area (Å²) in [6.45, 7) is 5.77. The van der Waals surface area contributed by atoms with Gasteiger partial charge in [0.2, 0.25) is 5.91 Å². The SMILES string of the molecule is CCC(=O)NCc1nc2c(n1CC)CN(C(=O)c1ccccc1F)CC2. The van der Waals surface area contributed by atoms with E-state index in [1.807, 2.05) is 11.5 Å². The zero-order valence-corrected chi connectivity index (χ0v) is 15.1. The van der Waals surface area contributed by atoms with Gasteiger partial charge >= 0.3 is 0 Å². The highest BCUT2D eigenvalue weighted by atomic mass is 19.1. The summed E-state index contributed by atoms with van der Waals surface area (Å²) in [6.07, 6.45) is 1.05. The van der Waals surface area contributed by atoms with Gasteiger partial charge in [-0.3, -0.25) is 9.59 Å². The Kier molecular flexibility index (Phi) is 5.35. The van der Waals surface area contributed by atoms with Crippen LogP contribution in [0.5, 0.6) is 0 Å². The summed E-state index contributed by atoms with van der Waals surface area (Å²) in [7, 11) is 0. The quantitative estimate of drug-likeness (QED) is 0.892. The fourth-order valence-electron chi connectivity index (χ4n) is 3.26. The Bertz CT molecular complexity index is 831. The summed E-state index contributed by atoms with van der Waals surface area (Å²) in [6, 6.07) is 6.05. The van der Waals surface area contributed by atoms with Crippen molar-refractivity contribution in [2.75, 3.05) is 6.54 Å². The van der Waals surface area contributed by atoms with Crippen LogP contribution in [0.15, 0.2) is 24.3 Å². The van der Waals surface area contributed by atoms with Gasteiger partial charge in [0.25, 0.3) is 5.91 Å². The van der Waals surface area contributed by atoms with Crippen molar-refractivity contribution in [3.8, 4) is 0 Å². The molecule has 6 nitrogen and oxygen atoms in total. The molecule has 0 saturated heterocycles. The molecular formula is C19H23FN4O2. The van der Waals surface area contributed by atoms with Crippen LogP contribution < -0.4 is 5.32 Å². The van der Waals surface area contributed by atoms with E-state index in [1.54, 1.807) is 24.0 Å². The molecule has 1 aromatic heterocycles. The molecule has 1 aromatic carbocycles. The van der Waals surface area contributed by atoms with Gasteiger partial charge in [0.15, 0.2) is 0 Å². The molecule has 138 valence electrons. The fourth-order valence-corrected chi connectivity index (χ4v) is 3.26. The number of nitrogens with one attached hydrogen (secondary N) is 1. The third kappa shape index (κ3) is 3.47. The summed E-state index contributed by atoms with van der Waals surface area (Å²) in [5, 5.41) is 2.85. The number of amides is 2. The number of hydrogen-bond acceptors (Lipinski definition) is 3. The van der Waals surface area contributed by atoms with Crippen LogP contribution in [0.4, 0.5) is 4.39 Å². The Morgan fingerprint density at radius 3 is 2.73 bits per heavy atom. The second kappa shape index (κ2) is 7.68. The zero-order valence-electron chi connectivity index (χ0n) is 15.1. The van der Waals surface area contributed by atoms with Crippen LogP contribution in [0.2, 0.25) is 0 Å². The summed E-state index contributed by atoms with van der Waals surface area (Å²) >= 11 is 0. The molecule has 1 aliphatic heterocycles. The first-order valence-electron chi connectivity index (χ1n) is 8.92. The number of fused-ring (bicyclic) bond motifs is 1. The van der Waals surface area contributed by atoms with Crippen molar-refractivity contribution in [1.29, 1.82) is 0 Å². The lowest BCUT2D eigenvalue weighted by molar-refractivity contribution is -0.120. The van der Waals surface area contributed by atoms with Crippen LogP contribution in [-0.2, 0) is 30.8 Å². The minimum Gasteiger partial charge on any atom is -0.349 e. The van der Waals surface area contributed by atoms with Gasteiger partial charge in [-0.2, -0.15) is 0 Å². The molecule has 0 bridgehead atoms. The number of aromatic nitrogens is 2. The first-order chi connectivity index (χ1) is 12.5. The predicted octanol–water partition coefficient (Wildman–Crippen LogP) is 2.27. The standard InChI is InChI=1S/C19H23FN4O2/c1-3-18(25)21-11-17-22-15-9-10-23(12-16(15)24(17)4-2)19(26)13-7-5-6-8-14(13)20/h5-8H,3-4,9-12H2,1-2H3,(H,21,25). The lowest BCUT2D eigenvalue weighted by atomic mass is 10.1. The lowest BCUT2D eigenvalue weighted by Crippen LogP contribution is -2.37. The summed E-state index contributed by atoms with van der Waals surface area (Å²) in [5.74, 6) is -0.0434. The first kappa shape index (κ1) is 18.1. The van der Waals surface area contributed by atoms with E-state index in [-0.39, 0.29) is 17.4 Å². The molecule has 0 unspecified atom stereocenters. The summed E-state index contributed by atoms with van der Waals surface area (Å²) in [4.78, 5) is 30.5. The number of halogens is 1. The van der Waals surface area contributed by atoms with Crippen molar-refractivity contribution in [2.45, 2.75) is 46.3 Å². The molecule has 0 saturated carbocycles. The van der Waals surface area contributed by atoms with Crippen molar-refractivity contribution in [2.24, 2.45) is 0 Å². The van der Waals surface area contributed by atoms with Crippen LogP contribution in [0.3, 0.4) is 0 Å². The summed E-state index contributed by atoms with van der Waals surface area (Å²) < 4.78 is 16.0. The molecule has 0 fully saturated rings. The van der Waals surface area contributed by atoms with Gasteiger partial charge in [0.1, 0.15) is 11.6 Å². The molecule has 1 N–H and O–H groups in total. The molecule has 3 rings (SSSR count). The smallest absolute Gasteiger partial charge is 0.257 e. The Balaban J connectivity index is 1.81. The Morgan fingerprint density at radius 1 is 1.27 bits per heavy atom. The molecule has 2 heterocycles. The van der Waals surface area contributed by atoms with Gasteiger partial charge in [-0.1, -0.05) is 19.1 Å². The molecular weight excluding hydrogens is 335 g/mol. The Morgan fingerprint density at radius 2 is 2.04 bits per heavy atom. The van der Waals surface area contributed by atoms with E-state index < -0.39 is 5.82 Å². The van der Waals surface area contributed by atoms with Crippen molar-refractivity contribution >= 4 is 11.8 Å². The van der Waals surface area contributed by atoms with Crippen molar-refractivity contribution in [3.63, 3.8) is 0 Å². The maximum absolute atomic E-state index is 13.9. The molecule has 26 heavy (non-hydrogen) atoms. The number of carbonyl (C=O) groups is 2. The van der Waals surface area contributed by atoms with Gasteiger partial charge in [0, 0.05) is 25.9 Å². The molecule has 2 amide bonds. The number of benzene rings is 1. The molecule has 0 spiro atoms. The molecule has 1 aliphatic rings. The van der Waals surface area contributed by atoms with E-state index in [0.29, 0.717) is 39.0 Å².